The fourth-order valence-electron chi connectivity index (χ4n) is 3.67. The average molecular weight is 327 g/mol. The highest BCUT2D eigenvalue weighted by Gasteiger charge is 2.32. The van der Waals surface area contributed by atoms with Crippen molar-refractivity contribution >= 4 is 0 Å². The molecule has 132 valence electrons. The van der Waals surface area contributed by atoms with Gasteiger partial charge in [-0.3, -0.25) is 0 Å². The highest BCUT2D eigenvalue weighted by atomic mass is 16.3. The van der Waals surface area contributed by atoms with E-state index in [1.807, 2.05) is 13.0 Å². The molecule has 0 saturated carbocycles. The fraction of sp³-hybridized carbons (Fsp3) is 0.565. The van der Waals surface area contributed by atoms with E-state index < -0.39 is 5.60 Å². The van der Waals surface area contributed by atoms with Crippen LogP contribution >= 0.6 is 0 Å². The van der Waals surface area contributed by atoms with Crippen molar-refractivity contribution in [3.8, 4) is 0 Å². The molecule has 0 amide bonds. The third-order valence-corrected chi connectivity index (χ3v) is 5.54. The van der Waals surface area contributed by atoms with Crippen molar-refractivity contribution in [2.45, 2.75) is 72.3 Å². The zero-order chi connectivity index (χ0) is 18.2. The normalized spacial score (nSPS) is 23.8. The minimum absolute atomic E-state index is 0.133. The summed E-state index contributed by atoms with van der Waals surface area (Å²) >= 11 is 0. The molecule has 1 aromatic rings. The zero-order valence-corrected chi connectivity index (χ0v) is 16.5. The van der Waals surface area contributed by atoms with E-state index in [4.69, 9.17) is 0 Å². The van der Waals surface area contributed by atoms with Crippen LogP contribution in [0.15, 0.2) is 48.1 Å². The fourth-order valence-corrected chi connectivity index (χ4v) is 3.67. The molecule has 0 radical (unpaired) electrons. The molecule has 0 fully saturated rings. The molecular formula is C23H34O. The Morgan fingerprint density at radius 2 is 1.58 bits per heavy atom. The molecular weight excluding hydrogens is 292 g/mol. The predicted octanol–water partition coefficient (Wildman–Crippen LogP) is 6.13. The summed E-state index contributed by atoms with van der Waals surface area (Å²) < 4.78 is 0. The number of allylic oxidation sites excluding steroid dienone is 3. The van der Waals surface area contributed by atoms with Crippen LogP contribution in [0.1, 0.15) is 72.4 Å². The quantitative estimate of drug-likeness (QED) is 0.662. The van der Waals surface area contributed by atoms with E-state index >= 15 is 0 Å². The Morgan fingerprint density at radius 3 is 2.08 bits per heavy atom. The van der Waals surface area contributed by atoms with Gasteiger partial charge in [0.2, 0.25) is 0 Å². The van der Waals surface area contributed by atoms with Crippen molar-refractivity contribution in [2.24, 2.45) is 11.3 Å². The van der Waals surface area contributed by atoms with Crippen LogP contribution < -0.4 is 0 Å². The summed E-state index contributed by atoms with van der Waals surface area (Å²) in [4.78, 5) is 0. The molecule has 2 unspecified atom stereocenters. The lowest BCUT2D eigenvalue weighted by molar-refractivity contribution is 0.109. The zero-order valence-electron chi connectivity index (χ0n) is 16.5. The van der Waals surface area contributed by atoms with Crippen LogP contribution in [0, 0.1) is 11.3 Å². The van der Waals surface area contributed by atoms with E-state index in [0.717, 1.165) is 12.0 Å². The summed E-state index contributed by atoms with van der Waals surface area (Å²) in [7, 11) is 0. The molecule has 0 aliphatic heterocycles. The second-order valence-corrected chi connectivity index (χ2v) is 9.29. The van der Waals surface area contributed by atoms with Crippen LogP contribution in [-0.4, -0.2) is 5.11 Å². The molecule has 2 atom stereocenters. The number of aliphatic hydroxyl groups is 1. The van der Waals surface area contributed by atoms with Gasteiger partial charge in [-0.15, -0.1) is 0 Å². The van der Waals surface area contributed by atoms with E-state index in [2.05, 4.69) is 78.0 Å². The SMILES string of the molecule is CC1=CCCC(C)(C)C1/C=C/C(C)(O)c1ccc(C(C)(C)C)cc1. The molecule has 0 aromatic heterocycles. The lowest BCUT2D eigenvalue weighted by Crippen LogP contribution is -2.27. The lowest BCUT2D eigenvalue weighted by Gasteiger charge is -2.37. The lowest BCUT2D eigenvalue weighted by atomic mass is 9.68. The first-order valence-corrected chi connectivity index (χ1v) is 9.13. The summed E-state index contributed by atoms with van der Waals surface area (Å²) in [5, 5.41) is 11.0. The van der Waals surface area contributed by atoms with Crippen LogP contribution in [0.25, 0.3) is 0 Å². The van der Waals surface area contributed by atoms with Gasteiger partial charge < -0.3 is 5.11 Å². The largest absolute Gasteiger partial charge is 0.381 e. The van der Waals surface area contributed by atoms with Crippen molar-refractivity contribution in [1.29, 1.82) is 0 Å². The first-order valence-electron chi connectivity index (χ1n) is 9.13. The Balaban J connectivity index is 2.24. The maximum Gasteiger partial charge on any atom is 0.105 e. The Hall–Kier alpha value is -1.34. The molecule has 1 aromatic carbocycles. The number of hydrogen-bond acceptors (Lipinski definition) is 1. The Labute approximate surface area is 148 Å². The van der Waals surface area contributed by atoms with Crippen molar-refractivity contribution in [3.05, 3.63) is 59.2 Å². The highest BCUT2D eigenvalue weighted by Crippen LogP contribution is 2.42. The van der Waals surface area contributed by atoms with Crippen molar-refractivity contribution in [1.82, 2.24) is 0 Å². The second kappa shape index (κ2) is 6.52. The topological polar surface area (TPSA) is 20.2 Å². The Bertz CT molecular complexity index is 621. The van der Waals surface area contributed by atoms with Crippen molar-refractivity contribution < 1.29 is 5.11 Å². The van der Waals surface area contributed by atoms with Gasteiger partial charge in [-0.1, -0.05) is 82.7 Å². The van der Waals surface area contributed by atoms with Gasteiger partial charge >= 0.3 is 0 Å². The Morgan fingerprint density at radius 1 is 1.04 bits per heavy atom. The second-order valence-electron chi connectivity index (χ2n) is 9.29. The molecule has 0 bridgehead atoms. The van der Waals surface area contributed by atoms with Crippen LogP contribution in [0.3, 0.4) is 0 Å². The van der Waals surface area contributed by atoms with Gasteiger partial charge in [0.15, 0.2) is 0 Å². The summed E-state index contributed by atoms with van der Waals surface area (Å²) in [5.74, 6) is 0.395. The number of rotatable bonds is 3. The highest BCUT2D eigenvalue weighted by molar-refractivity contribution is 5.33. The van der Waals surface area contributed by atoms with Crippen molar-refractivity contribution in [2.75, 3.05) is 0 Å². The molecule has 1 heteroatoms. The summed E-state index contributed by atoms with van der Waals surface area (Å²) in [6, 6.07) is 8.37. The van der Waals surface area contributed by atoms with E-state index in [-0.39, 0.29) is 10.8 Å². The van der Waals surface area contributed by atoms with Gasteiger partial charge in [0.05, 0.1) is 0 Å². The standard InChI is InChI=1S/C23H34O/c1-17-9-8-15-22(5,6)20(17)14-16-23(7,24)19-12-10-18(11-13-19)21(2,3)4/h9-14,16,20,24H,8,15H2,1-7H3/b16-14+. The maximum absolute atomic E-state index is 11.0. The van der Waals surface area contributed by atoms with Gasteiger partial charge in [0.25, 0.3) is 0 Å². The van der Waals surface area contributed by atoms with E-state index in [9.17, 15) is 5.11 Å². The molecule has 2 rings (SSSR count). The molecule has 24 heavy (non-hydrogen) atoms. The summed E-state index contributed by atoms with van der Waals surface area (Å²) in [6.45, 7) is 15.4. The van der Waals surface area contributed by atoms with Gasteiger partial charge in [-0.05, 0) is 48.6 Å². The smallest absolute Gasteiger partial charge is 0.105 e. The molecule has 1 aliphatic carbocycles. The molecule has 1 aliphatic rings. The Kier molecular flexibility index (Phi) is 5.16. The third-order valence-electron chi connectivity index (χ3n) is 5.54. The molecule has 0 spiro atoms. The molecule has 0 heterocycles. The van der Waals surface area contributed by atoms with Gasteiger partial charge in [-0.2, -0.15) is 0 Å². The first-order chi connectivity index (χ1) is 10.9. The first kappa shape index (κ1) is 19.0. The predicted molar refractivity (Wildman–Crippen MR) is 104 cm³/mol. The molecule has 0 saturated heterocycles. The summed E-state index contributed by atoms with van der Waals surface area (Å²) in [5.41, 5.74) is 3.10. The number of hydrogen-bond donors (Lipinski definition) is 1. The van der Waals surface area contributed by atoms with E-state index in [1.54, 1.807) is 0 Å². The average Bonchev–Trinajstić information content (AvgIpc) is 2.45. The van der Waals surface area contributed by atoms with Crippen LogP contribution in [0.4, 0.5) is 0 Å². The minimum Gasteiger partial charge on any atom is -0.381 e. The van der Waals surface area contributed by atoms with Crippen molar-refractivity contribution in [3.63, 3.8) is 0 Å². The van der Waals surface area contributed by atoms with Crippen LogP contribution in [-0.2, 0) is 11.0 Å². The van der Waals surface area contributed by atoms with E-state index in [1.165, 1.54) is 17.6 Å². The summed E-state index contributed by atoms with van der Waals surface area (Å²) in [6.07, 6.45) is 8.89. The van der Waals surface area contributed by atoms with Crippen LogP contribution in [0.5, 0.6) is 0 Å². The van der Waals surface area contributed by atoms with E-state index in [0.29, 0.717) is 5.92 Å². The van der Waals surface area contributed by atoms with Crippen LogP contribution in [0.2, 0.25) is 0 Å². The van der Waals surface area contributed by atoms with Gasteiger partial charge in [0, 0.05) is 5.92 Å². The third kappa shape index (κ3) is 4.19. The monoisotopic (exact) mass is 326 g/mol. The number of benzene rings is 1. The van der Waals surface area contributed by atoms with Gasteiger partial charge in [-0.25, -0.2) is 0 Å². The maximum atomic E-state index is 11.0. The minimum atomic E-state index is -0.940. The van der Waals surface area contributed by atoms with Gasteiger partial charge in [0.1, 0.15) is 5.60 Å². The molecule has 1 nitrogen and oxygen atoms in total. The molecule has 1 N–H and O–H groups in total.